The molecule has 23 heavy (non-hydrogen) atoms. The van der Waals surface area contributed by atoms with Crippen LogP contribution in [0.5, 0.6) is 0 Å². The van der Waals surface area contributed by atoms with Crippen LogP contribution in [0, 0.1) is 5.92 Å². The second kappa shape index (κ2) is 10.1. The number of amides is 2. The first-order valence-corrected chi connectivity index (χ1v) is 8.48. The summed E-state index contributed by atoms with van der Waals surface area (Å²) in [5.74, 6) is 0.422. The minimum atomic E-state index is -0.215. The minimum absolute atomic E-state index is 0. The van der Waals surface area contributed by atoms with Gasteiger partial charge in [-0.1, -0.05) is 13.3 Å². The quantitative estimate of drug-likeness (QED) is 0.802. The lowest BCUT2D eigenvalue weighted by Crippen LogP contribution is -2.54. The number of nitrogens with one attached hydrogen (secondary N) is 1. The third kappa shape index (κ3) is 5.62. The summed E-state index contributed by atoms with van der Waals surface area (Å²) in [6.45, 7) is 6.17. The predicted octanol–water partition coefficient (Wildman–Crippen LogP) is 0.894. The number of halogens is 1. The fourth-order valence-corrected chi connectivity index (χ4v) is 3.11. The zero-order valence-electron chi connectivity index (χ0n) is 14.3. The Labute approximate surface area is 145 Å². The molecule has 7 heteroatoms. The Morgan fingerprint density at radius 1 is 1.30 bits per heavy atom. The number of ether oxygens (including phenoxy) is 1. The molecule has 0 aromatic carbocycles. The molecule has 2 aliphatic heterocycles. The van der Waals surface area contributed by atoms with E-state index < -0.39 is 0 Å². The number of carbonyl (C=O) groups excluding carboxylic acids is 2. The van der Waals surface area contributed by atoms with Gasteiger partial charge in [0.2, 0.25) is 11.8 Å². The maximum Gasteiger partial charge on any atom is 0.242 e. The number of unbranched alkanes of at least 4 members (excludes halogenated alkanes) is 1. The Morgan fingerprint density at radius 3 is 2.57 bits per heavy atom. The van der Waals surface area contributed by atoms with Gasteiger partial charge in [-0.2, -0.15) is 0 Å². The first kappa shape index (κ1) is 20.2. The highest BCUT2D eigenvalue weighted by Crippen LogP contribution is 2.20. The van der Waals surface area contributed by atoms with Crippen LogP contribution in [-0.4, -0.2) is 74.1 Å². The van der Waals surface area contributed by atoms with E-state index in [0.717, 1.165) is 38.8 Å². The number of morpholine rings is 1. The lowest BCUT2D eigenvalue weighted by Gasteiger charge is -2.36. The molecule has 0 aliphatic carbocycles. The van der Waals surface area contributed by atoms with Gasteiger partial charge in [0.15, 0.2) is 0 Å². The molecular weight excluding hydrogens is 318 g/mol. The molecule has 2 rings (SSSR count). The van der Waals surface area contributed by atoms with Crippen LogP contribution < -0.4 is 5.32 Å². The minimum Gasteiger partial charge on any atom is -0.378 e. The number of hydrogen-bond donors (Lipinski definition) is 1. The first-order chi connectivity index (χ1) is 10.6. The second-order valence-corrected chi connectivity index (χ2v) is 6.29. The largest absolute Gasteiger partial charge is 0.378 e. The summed E-state index contributed by atoms with van der Waals surface area (Å²) >= 11 is 0. The fourth-order valence-electron chi connectivity index (χ4n) is 3.11. The smallest absolute Gasteiger partial charge is 0.242 e. The molecule has 0 aromatic rings. The summed E-state index contributed by atoms with van der Waals surface area (Å²) in [5.41, 5.74) is 0. The Hall–Kier alpha value is -0.850. The van der Waals surface area contributed by atoms with E-state index in [1.54, 1.807) is 0 Å². The molecular formula is C16H30ClN3O3. The lowest BCUT2D eigenvalue weighted by molar-refractivity contribution is -0.142. The van der Waals surface area contributed by atoms with Crippen molar-refractivity contribution in [1.29, 1.82) is 0 Å². The predicted molar refractivity (Wildman–Crippen MR) is 91.7 cm³/mol. The van der Waals surface area contributed by atoms with E-state index in [2.05, 4.69) is 12.2 Å². The molecule has 2 heterocycles. The van der Waals surface area contributed by atoms with Crippen molar-refractivity contribution in [3.63, 3.8) is 0 Å². The maximum absolute atomic E-state index is 12.4. The molecule has 0 aromatic heterocycles. The number of piperidine rings is 1. The van der Waals surface area contributed by atoms with Crippen molar-refractivity contribution in [3.05, 3.63) is 0 Å². The molecule has 1 unspecified atom stereocenters. The Morgan fingerprint density at radius 2 is 2.00 bits per heavy atom. The summed E-state index contributed by atoms with van der Waals surface area (Å²) in [6.07, 6.45) is 3.69. The maximum atomic E-state index is 12.4. The van der Waals surface area contributed by atoms with Gasteiger partial charge >= 0.3 is 0 Å². The molecule has 0 saturated carbocycles. The number of carbonyl (C=O) groups is 2. The van der Waals surface area contributed by atoms with E-state index >= 15 is 0 Å². The average Bonchev–Trinajstić information content (AvgIpc) is 2.59. The van der Waals surface area contributed by atoms with Crippen LogP contribution in [0.2, 0.25) is 0 Å². The Balaban J connectivity index is 0.00000264. The highest BCUT2D eigenvalue weighted by atomic mass is 35.5. The number of rotatable bonds is 5. The topological polar surface area (TPSA) is 61.9 Å². The molecule has 1 atom stereocenters. The van der Waals surface area contributed by atoms with Gasteiger partial charge in [-0.3, -0.25) is 9.59 Å². The van der Waals surface area contributed by atoms with E-state index in [0.29, 0.717) is 26.3 Å². The van der Waals surface area contributed by atoms with Crippen LogP contribution >= 0.6 is 12.4 Å². The summed E-state index contributed by atoms with van der Waals surface area (Å²) in [6, 6.07) is -0.215. The van der Waals surface area contributed by atoms with Gasteiger partial charge in [-0.05, 0) is 19.3 Å². The SMILES string of the molecule is CCCCN(C)C(=O)C1CCN(C(=O)C2COCCN2)CC1.Cl. The van der Waals surface area contributed by atoms with Crippen molar-refractivity contribution >= 4 is 24.2 Å². The van der Waals surface area contributed by atoms with Gasteiger partial charge in [-0.15, -0.1) is 12.4 Å². The van der Waals surface area contributed by atoms with Crippen molar-refractivity contribution < 1.29 is 14.3 Å². The molecule has 2 fully saturated rings. The van der Waals surface area contributed by atoms with E-state index in [9.17, 15) is 9.59 Å². The van der Waals surface area contributed by atoms with Crippen LogP contribution in [0.1, 0.15) is 32.6 Å². The molecule has 1 N–H and O–H groups in total. The second-order valence-electron chi connectivity index (χ2n) is 6.29. The van der Waals surface area contributed by atoms with E-state index in [1.165, 1.54) is 0 Å². The molecule has 0 bridgehead atoms. The highest BCUT2D eigenvalue weighted by molar-refractivity contribution is 5.85. The summed E-state index contributed by atoms with van der Waals surface area (Å²) in [7, 11) is 1.89. The van der Waals surface area contributed by atoms with Crippen molar-refractivity contribution in [2.75, 3.05) is 46.4 Å². The van der Waals surface area contributed by atoms with Gasteiger partial charge in [0, 0.05) is 39.1 Å². The zero-order chi connectivity index (χ0) is 15.9. The van der Waals surface area contributed by atoms with Gasteiger partial charge in [0.05, 0.1) is 13.2 Å². The highest BCUT2D eigenvalue weighted by Gasteiger charge is 2.32. The van der Waals surface area contributed by atoms with Gasteiger partial charge < -0.3 is 19.9 Å². The molecule has 0 radical (unpaired) electrons. The van der Waals surface area contributed by atoms with Crippen LogP contribution in [0.25, 0.3) is 0 Å². The van der Waals surface area contributed by atoms with Crippen molar-refractivity contribution in [1.82, 2.24) is 15.1 Å². The molecule has 2 aliphatic rings. The van der Waals surface area contributed by atoms with Crippen LogP contribution in [0.15, 0.2) is 0 Å². The summed E-state index contributed by atoms with van der Waals surface area (Å²) in [4.78, 5) is 28.5. The van der Waals surface area contributed by atoms with Gasteiger partial charge in [0.1, 0.15) is 6.04 Å². The molecule has 2 amide bonds. The fraction of sp³-hybridized carbons (Fsp3) is 0.875. The Kier molecular flexibility index (Phi) is 8.87. The first-order valence-electron chi connectivity index (χ1n) is 8.48. The summed E-state index contributed by atoms with van der Waals surface area (Å²) in [5, 5.41) is 3.20. The number of nitrogens with zero attached hydrogens (tertiary/aromatic N) is 2. The van der Waals surface area contributed by atoms with Gasteiger partial charge in [0.25, 0.3) is 0 Å². The molecule has 6 nitrogen and oxygen atoms in total. The average molecular weight is 348 g/mol. The van der Waals surface area contributed by atoms with Crippen molar-refractivity contribution in [3.8, 4) is 0 Å². The molecule has 2 saturated heterocycles. The van der Waals surface area contributed by atoms with Crippen molar-refractivity contribution in [2.45, 2.75) is 38.6 Å². The van der Waals surface area contributed by atoms with Crippen LogP contribution in [-0.2, 0) is 14.3 Å². The van der Waals surface area contributed by atoms with Crippen molar-refractivity contribution in [2.24, 2.45) is 5.92 Å². The molecule has 134 valence electrons. The van der Waals surface area contributed by atoms with E-state index in [4.69, 9.17) is 4.74 Å². The summed E-state index contributed by atoms with van der Waals surface area (Å²) < 4.78 is 5.35. The zero-order valence-corrected chi connectivity index (χ0v) is 15.1. The van der Waals surface area contributed by atoms with E-state index in [-0.39, 0.29) is 36.2 Å². The van der Waals surface area contributed by atoms with Crippen LogP contribution in [0.4, 0.5) is 0 Å². The number of likely N-dealkylation sites (tertiary alicyclic amines) is 1. The normalized spacial score (nSPS) is 22.3. The monoisotopic (exact) mass is 347 g/mol. The third-order valence-corrected chi connectivity index (χ3v) is 4.60. The van der Waals surface area contributed by atoms with Crippen LogP contribution in [0.3, 0.4) is 0 Å². The lowest BCUT2D eigenvalue weighted by atomic mass is 9.94. The molecule has 0 spiro atoms. The van der Waals surface area contributed by atoms with Gasteiger partial charge in [-0.25, -0.2) is 0 Å². The Bertz CT molecular complexity index is 381. The van der Waals surface area contributed by atoms with E-state index in [1.807, 2.05) is 16.8 Å². The third-order valence-electron chi connectivity index (χ3n) is 4.60. The number of hydrogen-bond acceptors (Lipinski definition) is 4. The standard InChI is InChI=1S/C16H29N3O3.ClH/c1-3-4-8-18(2)15(20)13-5-9-19(10-6-13)16(21)14-12-22-11-7-17-14;/h13-14,17H,3-12H2,1-2H3;1H.